The van der Waals surface area contributed by atoms with E-state index in [1.807, 2.05) is 68.4 Å². The maximum absolute atomic E-state index is 15.7. The average molecular weight is 1100 g/mol. The van der Waals surface area contributed by atoms with Gasteiger partial charge in [-0.05, 0) is 90.4 Å². The molecule has 4 heterocycles. The third kappa shape index (κ3) is 11.1. The minimum Gasteiger partial charge on any atom is -0.511 e. The molecule has 4 aliphatic carbocycles. The summed E-state index contributed by atoms with van der Waals surface area (Å²) < 4.78 is 51.0. The number of carbonyl (C=O) groups excluding carboxylic acids is 3. The van der Waals surface area contributed by atoms with E-state index >= 15 is 4.79 Å². The van der Waals surface area contributed by atoms with Gasteiger partial charge in [0, 0.05) is 80.3 Å². The molecule has 1 spiro atoms. The van der Waals surface area contributed by atoms with Crippen LogP contribution in [0.4, 0.5) is 0 Å². The van der Waals surface area contributed by atoms with Crippen LogP contribution in [0.3, 0.4) is 0 Å². The zero-order valence-electron chi connectivity index (χ0n) is 48.6. The molecule has 25 atom stereocenters. The molecule has 0 aromatic carbocycles. The van der Waals surface area contributed by atoms with Crippen LogP contribution in [0.15, 0.2) is 46.3 Å². The first-order valence-electron chi connectivity index (χ1n) is 29.4. The summed E-state index contributed by atoms with van der Waals surface area (Å²) in [4.78, 5) is 44.3. The summed E-state index contributed by atoms with van der Waals surface area (Å²) in [6.45, 7) is 23.2. The van der Waals surface area contributed by atoms with E-state index in [1.165, 1.54) is 0 Å². The van der Waals surface area contributed by atoms with Crippen LogP contribution < -0.4 is 0 Å². The Morgan fingerprint density at radius 3 is 1.97 bits per heavy atom. The molecule has 0 aromatic rings. The Balaban J connectivity index is 1.09. The van der Waals surface area contributed by atoms with Gasteiger partial charge in [-0.2, -0.15) is 0 Å². The number of aliphatic hydroxyl groups excluding tert-OH is 6. The molecule has 6 N–H and O–H groups in total. The van der Waals surface area contributed by atoms with E-state index < -0.39 is 144 Å². The van der Waals surface area contributed by atoms with Gasteiger partial charge in [0.15, 0.2) is 24.5 Å². The number of hydrogen-bond acceptors (Lipinski definition) is 17. The summed E-state index contributed by atoms with van der Waals surface area (Å²) in [7, 11) is 1.57. The lowest BCUT2D eigenvalue weighted by atomic mass is 9.47. The summed E-state index contributed by atoms with van der Waals surface area (Å²) in [6.07, 6.45) is -0.691. The van der Waals surface area contributed by atoms with Gasteiger partial charge in [0.05, 0.1) is 48.8 Å². The minimum absolute atomic E-state index is 0.0414. The highest BCUT2D eigenvalue weighted by molar-refractivity contribution is 6.26. The smallest absolute Gasteiger partial charge is 0.346 e. The van der Waals surface area contributed by atoms with E-state index in [2.05, 4.69) is 26.0 Å². The van der Waals surface area contributed by atoms with Gasteiger partial charge in [-0.25, -0.2) is 4.79 Å². The van der Waals surface area contributed by atoms with Crippen molar-refractivity contribution in [3.63, 3.8) is 0 Å². The first-order valence-corrected chi connectivity index (χ1v) is 29.4. The van der Waals surface area contributed by atoms with E-state index in [1.54, 1.807) is 14.0 Å². The zero-order chi connectivity index (χ0) is 57.1. The molecule has 8 rings (SSSR count). The Morgan fingerprint density at radius 2 is 1.36 bits per heavy atom. The number of carbonyl (C=O) groups is 3. The maximum Gasteiger partial charge on any atom is 0.346 e. The number of fused-ring (bicyclic) bond motifs is 4. The van der Waals surface area contributed by atoms with Crippen LogP contribution in [-0.2, 0) is 52.3 Å². The highest BCUT2D eigenvalue weighted by Crippen LogP contribution is 2.64. The molecular weight excluding hydrogens is 1000 g/mol. The Labute approximate surface area is 462 Å². The van der Waals surface area contributed by atoms with Crippen LogP contribution in [0.1, 0.15) is 154 Å². The fraction of sp³-hybridized carbons (Fsp3) is 0.820. The summed E-state index contributed by atoms with van der Waals surface area (Å²) in [5.41, 5.74) is -1.54. The predicted molar refractivity (Wildman–Crippen MR) is 287 cm³/mol. The lowest BCUT2D eigenvalue weighted by Gasteiger charge is -2.56. The van der Waals surface area contributed by atoms with Crippen molar-refractivity contribution in [2.24, 2.45) is 58.2 Å². The van der Waals surface area contributed by atoms with Gasteiger partial charge in [0.25, 0.3) is 0 Å². The first-order chi connectivity index (χ1) is 36.8. The molecule has 17 heteroatoms. The molecule has 78 heavy (non-hydrogen) atoms. The van der Waals surface area contributed by atoms with Crippen LogP contribution in [0.2, 0.25) is 0 Å². The lowest BCUT2D eigenvalue weighted by molar-refractivity contribution is -0.338. The molecule has 440 valence electrons. The van der Waals surface area contributed by atoms with Crippen LogP contribution in [0.5, 0.6) is 0 Å². The molecule has 17 nitrogen and oxygen atoms in total. The van der Waals surface area contributed by atoms with Gasteiger partial charge in [-0.1, -0.05) is 89.8 Å². The van der Waals surface area contributed by atoms with Crippen molar-refractivity contribution in [3.05, 3.63) is 46.3 Å². The molecule has 0 unspecified atom stereocenters. The van der Waals surface area contributed by atoms with Crippen LogP contribution in [0.25, 0.3) is 0 Å². The number of hydrogen-bond donors (Lipinski definition) is 6. The minimum atomic E-state index is -1.62. The summed E-state index contributed by atoms with van der Waals surface area (Å²) >= 11 is 0. The molecule has 2 bridgehead atoms. The highest BCUT2D eigenvalue weighted by atomic mass is 16.7. The number of esters is 1. The number of ether oxygens (including phenoxy) is 8. The van der Waals surface area contributed by atoms with Crippen molar-refractivity contribution in [2.45, 2.75) is 245 Å². The molecule has 4 saturated heterocycles. The standard InChI is InChI=1S/C61H94O17/c1-14-39-21-38(28-62)19-31(5)53(75-47-24-44(66)54(36(10)73-47)76-48-25-45(71-13)55(37(11)74-48)77-46-23-43(65)52(67)35(9)72-46)29(3)17-16-18-59(12)26-32(6)33(7)27-61(59)57(69)49(58(70)78-61)56(68)60(15-2)50(39)30(4)20-40-42(64)22-41(63)34(8)51(40)60/h20-21,26,29,31,33-38,40,42-48,50-55,62,64-68H,14-19,22-25,27-28H2,1-13H3/b39-21-,56-49?/t29-,31-,33-,34+,35-,36-,37-,38-,40-,42+,43+,44+,45-,46+,47+,48-,50+,51-,52-,53-,54-,55-,59-,60-,61-/m1/s1. The van der Waals surface area contributed by atoms with Crippen LogP contribution in [-0.4, -0.2) is 154 Å². The zero-order valence-corrected chi connectivity index (χ0v) is 48.6. The van der Waals surface area contributed by atoms with Gasteiger partial charge in [-0.15, -0.1) is 0 Å². The largest absolute Gasteiger partial charge is 0.511 e. The quantitative estimate of drug-likeness (QED) is 0.0715. The molecule has 0 amide bonds. The monoisotopic (exact) mass is 1100 g/mol. The second-order valence-corrected chi connectivity index (χ2v) is 25.4. The van der Waals surface area contributed by atoms with Crippen LogP contribution >= 0.6 is 0 Å². The van der Waals surface area contributed by atoms with E-state index in [0.717, 1.165) is 16.7 Å². The molecule has 0 radical (unpaired) electrons. The molecule has 0 aromatic heterocycles. The Hall–Kier alpha value is -2.91. The van der Waals surface area contributed by atoms with Gasteiger partial charge < -0.3 is 68.5 Å². The fourth-order valence-electron chi connectivity index (χ4n) is 16.0. The van der Waals surface area contributed by atoms with Crippen molar-refractivity contribution in [3.8, 4) is 0 Å². The lowest BCUT2D eigenvalue weighted by Crippen LogP contribution is -2.57. The van der Waals surface area contributed by atoms with E-state index in [4.69, 9.17) is 37.9 Å². The molecule has 5 fully saturated rings. The van der Waals surface area contributed by atoms with E-state index in [-0.39, 0.29) is 80.0 Å². The summed E-state index contributed by atoms with van der Waals surface area (Å²) in [6, 6.07) is 0. The Bertz CT molecular complexity index is 2290. The Morgan fingerprint density at radius 1 is 0.744 bits per heavy atom. The van der Waals surface area contributed by atoms with Gasteiger partial charge in [0.2, 0.25) is 5.78 Å². The number of methoxy groups -OCH3 is 1. The molecular formula is C61H94O17. The van der Waals surface area contributed by atoms with Crippen molar-refractivity contribution in [1.29, 1.82) is 0 Å². The third-order valence-electron chi connectivity index (χ3n) is 20.3. The van der Waals surface area contributed by atoms with Crippen molar-refractivity contribution >= 4 is 17.5 Å². The number of aliphatic hydroxyl groups is 6. The average Bonchev–Trinajstić information content (AvgIpc) is 3.88. The number of allylic oxidation sites excluding steroid dienone is 4. The molecule has 4 aliphatic heterocycles. The maximum atomic E-state index is 15.7. The van der Waals surface area contributed by atoms with Crippen molar-refractivity contribution < 1.29 is 82.9 Å². The van der Waals surface area contributed by atoms with E-state index in [0.29, 0.717) is 32.1 Å². The van der Waals surface area contributed by atoms with Gasteiger partial charge in [0.1, 0.15) is 35.4 Å². The number of Topliss-reactive ketones (excluding diaryl/α,β-unsaturated/α-hetero) is 2. The molecule has 1 saturated carbocycles. The Kier molecular flexibility index (Phi) is 18.9. The van der Waals surface area contributed by atoms with Crippen LogP contribution in [0, 0.1) is 58.2 Å². The summed E-state index contributed by atoms with van der Waals surface area (Å²) in [5, 5.41) is 68.8. The first kappa shape index (κ1) is 61.2. The van der Waals surface area contributed by atoms with Crippen molar-refractivity contribution in [2.75, 3.05) is 13.7 Å². The van der Waals surface area contributed by atoms with Crippen molar-refractivity contribution in [1.82, 2.24) is 0 Å². The highest BCUT2D eigenvalue weighted by Gasteiger charge is 2.67. The SMILES string of the molecule is CC/C1=C/[C@H](CO)C[C@@H](C)[C@H](O[C@H]2C[C@H](O)[C@H](O[C@@H]3C[C@@H](OC)[C@H](O[C@H]4C[C@H](O)[C@H](O)[C@@H](C)O4)[C@@H](C)O3)[C@@H](C)O2)[C@H](C)CCC[C@]2(C)C=C(C)[C@H](C)C[C@]23OC(=O)C(=C(O)[C@@]2(CC)[C@H]4[C@H](C=C(C)[C@@H]12)[C@@H](O)CC(=O)[C@@H]4C)C3=O. The van der Waals surface area contributed by atoms with Gasteiger partial charge >= 0.3 is 5.97 Å². The second-order valence-electron chi connectivity index (χ2n) is 25.4. The number of ketones is 2. The second kappa shape index (κ2) is 24.1. The summed E-state index contributed by atoms with van der Waals surface area (Å²) in [5.74, 6) is -5.19. The van der Waals surface area contributed by atoms with Gasteiger partial charge in [-0.3, -0.25) is 9.59 Å². The normalized spacial score (nSPS) is 48.6. The number of rotatable bonds is 10. The molecule has 8 aliphatic rings. The predicted octanol–water partition coefficient (Wildman–Crippen LogP) is 7.28. The fourth-order valence-corrected chi connectivity index (χ4v) is 16.0. The van der Waals surface area contributed by atoms with E-state index in [9.17, 15) is 40.2 Å². The topological polar surface area (TPSA) is 246 Å². The third-order valence-corrected chi connectivity index (χ3v) is 20.3.